The van der Waals surface area contributed by atoms with E-state index < -0.39 is 0 Å². The first-order valence-electron chi connectivity index (χ1n) is 4.60. The van der Waals surface area contributed by atoms with Crippen molar-refractivity contribution in [2.24, 2.45) is 0 Å². The van der Waals surface area contributed by atoms with E-state index in [0.29, 0.717) is 0 Å². The molecule has 2 rings (SSSR count). The van der Waals surface area contributed by atoms with Crippen LogP contribution >= 0.6 is 0 Å². The van der Waals surface area contributed by atoms with Crippen LogP contribution in [0.4, 0.5) is 0 Å². The van der Waals surface area contributed by atoms with Crippen molar-refractivity contribution in [1.29, 1.82) is 0 Å². The molecule has 0 aliphatic rings. The lowest BCUT2D eigenvalue weighted by atomic mass is 10.2. The van der Waals surface area contributed by atoms with Gasteiger partial charge in [-0.15, -0.1) is 0 Å². The van der Waals surface area contributed by atoms with E-state index in [1.54, 1.807) is 0 Å². The van der Waals surface area contributed by atoms with E-state index in [4.69, 9.17) is 4.74 Å². The first-order chi connectivity index (χ1) is 6.40. The molecule has 68 valence electrons. The summed E-state index contributed by atoms with van der Waals surface area (Å²) in [6.07, 6.45) is 2.98. The van der Waals surface area contributed by atoms with Gasteiger partial charge in [0, 0.05) is 17.8 Å². The van der Waals surface area contributed by atoms with E-state index in [0.717, 1.165) is 24.3 Å². The molecular weight excluding hydrogens is 162 g/mol. The SMILES string of the molecule is CCCOc1ccc2cc[nH]c2c1. The summed E-state index contributed by atoms with van der Waals surface area (Å²) in [5.74, 6) is 0.941. The van der Waals surface area contributed by atoms with Gasteiger partial charge in [-0.05, 0) is 30.0 Å². The molecule has 13 heavy (non-hydrogen) atoms. The van der Waals surface area contributed by atoms with Crippen LogP contribution in [0.1, 0.15) is 13.3 Å². The lowest BCUT2D eigenvalue weighted by Crippen LogP contribution is -1.94. The van der Waals surface area contributed by atoms with Gasteiger partial charge in [0.1, 0.15) is 5.75 Å². The first kappa shape index (κ1) is 8.17. The van der Waals surface area contributed by atoms with E-state index in [2.05, 4.69) is 24.0 Å². The Labute approximate surface area is 77.5 Å². The van der Waals surface area contributed by atoms with Crippen molar-refractivity contribution in [3.05, 3.63) is 30.5 Å². The Morgan fingerprint density at radius 1 is 1.31 bits per heavy atom. The molecule has 1 aromatic carbocycles. The van der Waals surface area contributed by atoms with Crippen molar-refractivity contribution in [3.8, 4) is 5.75 Å². The second-order valence-electron chi connectivity index (χ2n) is 3.08. The minimum Gasteiger partial charge on any atom is -0.494 e. The third-order valence-electron chi connectivity index (χ3n) is 2.00. The second kappa shape index (κ2) is 3.52. The van der Waals surface area contributed by atoms with Crippen LogP contribution in [-0.2, 0) is 0 Å². The number of rotatable bonds is 3. The fourth-order valence-electron chi connectivity index (χ4n) is 1.34. The van der Waals surface area contributed by atoms with Crippen LogP contribution in [0, 0.1) is 0 Å². The largest absolute Gasteiger partial charge is 0.494 e. The molecule has 0 amide bonds. The highest BCUT2D eigenvalue weighted by molar-refractivity contribution is 5.80. The Bertz CT molecular complexity index is 392. The number of ether oxygens (including phenoxy) is 1. The maximum absolute atomic E-state index is 5.51. The van der Waals surface area contributed by atoms with Gasteiger partial charge in [-0.1, -0.05) is 6.92 Å². The minimum absolute atomic E-state index is 0.784. The second-order valence-corrected chi connectivity index (χ2v) is 3.08. The highest BCUT2D eigenvalue weighted by Gasteiger charge is 1.96. The van der Waals surface area contributed by atoms with Gasteiger partial charge in [0.2, 0.25) is 0 Å². The van der Waals surface area contributed by atoms with Gasteiger partial charge < -0.3 is 9.72 Å². The summed E-state index contributed by atoms with van der Waals surface area (Å²) >= 11 is 0. The summed E-state index contributed by atoms with van der Waals surface area (Å²) in [5, 5.41) is 1.23. The van der Waals surface area contributed by atoms with Gasteiger partial charge in [0.05, 0.1) is 6.61 Å². The molecule has 2 aromatic rings. The number of aromatic amines is 1. The van der Waals surface area contributed by atoms with Crippen molar-refractivity contribution in [3.63, 3.8) is 0 Å². The van der Waals surface area contributed by atoms with Crippen LogP contribution in [-0.4, -0.2) is 11.6 Å². The molecule has 0 fully saturated rings. The van der Waals surface area contributed by atoms with Crippen LogP contribution in [0.25, 0.3) is 10.9 Å². The number of fused-ring (bicyclic) bond motifs is 1. The van der Waals surface area contributed by atoms with Gasteiger partial charge in [0.25, 0.3) is 0 Å². The maximum Gasteiger partial charge on any atom is 0.121 e. The fraction of sp³-hybridized carbons (Fsp3) is 0.273. The van der Waals surface area contributed by atoms with Crippen molar-refractivity contribution in [2.45, 2.75) is 13.3 Å². The molecule has 1 heterocycles. The van der Waals surface area contributed by atoms with Crippen LogP contribution in [0.5, 0.6) is 5.75 Å². The minimum atomic E-state index is 0.784. The summed E-state index contributed by atoms with van der Waals surface area (Å²) in [6, 6.07) is 8.16. The monoisotopic (exact) mass is 175 g/mol. The van der Waals surface area contributed by atoms with Gasteiger partial charge in [0.15, 0.2) is 0 Å². The Morgan fingerprint density at radius 2 is 2.23 bits per heavy atom. The lowest BCUT2D eigenvalue weighted by molar-refractivity contribution is 0.318. The summed E-state index contributed by atoms with van der Waals surface area (Å²) in [7, 11) is 0. The standard InChI is InChI=1S/C11H13NO/c1-2-7-13-10-4-3-9-5-6-12-11(9)8-10/h3-6,8,12H,2,7H2,1H3. The van der Waals surface area contributed by atoms with Crippen LogP contribution in [0.15, 0.2) is 30.5 Å². The molecule has 0 unspecified atom stereocenters. The zero-order chi connectivity index (χ0) is 9.10. The predicted octanol–water partition coefficient (Wildman–Crippen LogP) is 2.96. The lowest BCUT2D eigenvalue weighted by Gasteiger charge is -2.03. The number of H-pyrrole nitrogens is 1. The van der Waals surface area contributed by atoms with Crippen LogP contribution < -0.4 is 4.74 Å². The van der Waals surface area contributed by atoms with E-state index >= 15 is 0 Å². The average Bonchev–Trinajstić information content (AvgIpc) is 2.61. The van der Waals surface area contributed by atoms with Crippen LogP contribution in [0.3, 0.4) is 0 Å². The third-order valence-corrected chi connectivity index (χ3v) is 2.00. The summed E-state index contributed by atoms with van der Waals surface area (Å²) in [6.45, 7) is 2.89. The molecule has 1 aromatic heterocycles. The molecule has 0 saturated carbocycles. The average molecular weight is 175 g/mol. The molecule has 0 atom stereocenters. The Hall–Kier alpha value is -1.44. The number of aromatic nitrogens is 1. The zero-order valence-corrected chi connectivity index (χ0v) is 7.71. The molecule has 0 radical (unpaired) electrons. The Kier molecular flexibility index (Phi) is 2.21. The molecule has 0 bridgehead atoms. The van der Waals surface area contributed by atoms with Gasteiger partial charge in [-0.2, -0.15) is 0 Å². The number of nitrogens with one attached hydrogen (secondary N) is 1. The normalized spacial score (nSPS) is 10.5. The van der Waals surface area contributed by atoms with Crippen LogP contribution in [0.2, 0.25) is 0 Å². The van der Waals surface area contributed by atoms with Gasteiger partial charge >= 0.3 is 0 Å². The van der Waals surface area contributed by atoms with Crippen molar-refractivity contribution in [2.75, 3.05) is 6.61 Å². The van der Waals surface area contributed by atoms with Gasteiger partial charge in [-0.25, -0.2) is 0 Å². The quantitative estimate of drug-likeness (QED) is 0.762. The summed E-state index contributed by atoms with van der Waals surface area (Å²) < 4.78 is 5.51. The zero-order valence-electron chi connectivity index (χ0n) is 7.71. The summed E-state index contributed by atoms with van der Waals surface area (Å²) in [5.41, 5.74) is 1.13. The predicted molar refractivity (Wildman–Crippen MR) is 54.1 cm³/mol. The molecule has 2 heteroatoms. The van der Waals surface area contributed by atoms with Crippen molar-refractivity contribution < 1.29 is 4.74 Å². The highest BCUT2D eigenvalue weighted by Crippen LogP contribution is 2.19. The summed E-state index contributed by atoms with van der Waals surface area (Å²) in [4.78, 5) is 3.16. The smallest absolute Gasteiger partial charge is 0.121 e. The number of hydrogen-bond acceptors (Lipinski definition) is 1. The first-order valence-corrected chi connectivity index (χ1v) is 4.60. The fourth-order valence-corrected chi connectivity index (χ4v) is 1.34. The molecule has 1 N–H and O–H groups in total. The van der Waals surface area contributed by atoms with Crippen molar-refractivity contribution >= 4 is 10.9 Å². The Morgan fingerprint density at radius 3 is 3.08 bits per heavy atom. The molecular formula is C11H13NO. The third kappa shape index (κ3) is 1.66. The molecule has 0 spiro atoms. The number of benzene rings is 1. The molecule has 0 aliphatic carbocycles. The van der Waals surface area contributed by atoms with Crippen molar-refractivity contribution in [1.82, 2.24) is 4.98 Å². The Balaban J connectivity index is 2.26. The van der Waals surface area contributed by atoms with E-state index in [1.165, 1.54) is 5.39 Å². The topological polar surface area (TPSA) is 25.0 Å². The van der Waals surface area contributed by atoms with Gasteiger partial charge in [-0.3, -0.25) is 0 Å². The molecule has 0 saturated heterocycles. The highest BCUT2D eigenvalue weighted by atomic mass is 16.5. The van der Waals surface area contributed by atoms with E-state index in [-0.39, 0.29) is 0 Å². The number of hydrogen-bond donors (Lipinski definition) is 1. The molecule has 2 nitrogen and oxygen atoms in total. The van der Waals surface area contributed by atoms with E-state index in [1.807, 2.05) is 18.3 Å². The van der Waals surface area contributed by atoms with E-state index in [9.17, 15) is 0 Å². The molecule has 0 aliphatic heterocycles. The maximum atomic E-state index is 5.51.